The van der Waals surface area contributed by atoms with Gasteiger partial charge in [-0.2, -0.15) is 5.26 Å². The number of allylic oxidation sites excluding steroid dienone is 1. The Morgan fingerprint density at radius 3 is 2.55 bits per heavy atom. The minimum Gasteiger partial charge on any atom is -0.496 e. The van der Waals surface area contributed by atoms with Crippen LogP contribution in [0.1, 0.15) is 47.8 Å². The maximum absolute atomic E-state index is 15.0. The first-order valence-corrected chi connectivity index (χ1v) is 13.8. The van der Waals surface area contributed by atoms with Gasteiger partial charge in [0.2, 0.25) is 17.2 Å². The van der Waals surface area contributed by atoms with Crippen molar-refractivity contribution in [1.82, 2.24) is 0 Å². The summed E-state index contributed by atoms with van der Waals surface area (Å²) in [6, 6.07) is 18.4. The van der Waals surface area contributed by atoms with Crippen LogP contribution in [-0.4, -0.2) is 24.5 Å². The van der Waals surface area contributed by atoms with Crippen LogP contribution in [0.15, 0.2) is 87.4 Å². The second-order valence-corrected chi connectivity index (χ2v) is 11.4. The Labute approximate surface area is 251 Å². The van der Waals surface area contributed by atoms with E-state index in [2.05, 4.69) is 6.07 Å². The number of para-hydroxylation sites is 2. The van der Waals surface area contributed by atoms with Gasteiger partial charge in [0, 0.05) is 11.1 Å². The summed E-state index contributed by atoms with van der Waals surface area (Å²) in [6.07, 6.45) is 1.91. The van der Waals surface area contributed by atoms with Crippen molar-refractivity contribution in [2.75, 3.05) is 12.0 Å². The molecule has 1 unspecified atom stereocenters. The Bertz CT molecular complexity index is 2150. The second-order valence-electron chi connectivity index (χ2n) is 11.4. The number of esters is 1. The zero-order chi connectivity index (χ0) is 31.1. The van der Waals surface area contributed by atoms with Crippen LogP contribution in [0.25, 0.3) is 16.5 Å². The third-order valence-corrected chi connectivity index (χ3v) is 8.42. The summed E-state index contributed by atoms with van der Waals surface area (Å²) < 4.78 is 23.0. The molecule has 1 atom stereocenters. The van der Waals surface area contributed by atoms with Crippen LogP contribution in [-0.2, 0) is 10.2 Å². The van der Waals surface area contributed by atoms with Crippen molar-refractivity contribution in [2.45, 2.75) is 31.7 Å². The number of rotatable bonds is 3. The highest BCUT2D eigenvalue weighted by Gasteiger charge is 2.64. The van der Waals surface area contributed by atoms with Gasteiger partial charge in [-0.15, -0.1) is 0 Å². The molecule has 0 fully saturated rings. The zero-order valence-electron chi connectivity index (χ0n) is 24.2. The van der Waals surface area contributed by atoms with Crippen molar-refractivity contribution in [3.05, 3.63) is 111 Å². The van der Waals surface area contributed by atoms with Gasteiger partial charge in [0.25, 0.3) is 0 Å². The molecule has 1 aromatic heterocycles. The molecule has 3 aliphatic rings. The van der Waals surface area contributed by atoms with Crippen LogP contribution in [0.5, 0.6) is 17.4 Å². The summed E-state index contributed by atoms with van der Waals surface area (Å²) in [7, 11) is 1.45. The number of carbonyl (C=O) groups excluding carboxylic acids is 2. The summed E-state index contributed by atoms with van der Waals surface area (Å²) in [6.45, 7) is 5.60. The summed E-state index contributed by atoms with van der Waals surface area (Å²) in [5.41, 5.74) is 4.93. The number of benzene rings is 3. The first kappa shape index (κ1) is 27.0. The smallest absolute Gasteiger partial charge is 0.347 e. The van der Waals surface area contributed by atoms with E-state index in [1.165, 1.54) is 13.2 Å². The SMILES string of the molecule is COc1ccccc1C(=O)Oc1cc2c3c(c1)C1(C(=O)N3C(C)(C)C=C2C)C(C#N)=C(N)Oc2oc3ccccc3c(=O)c21. The van der Waals surface area contributed by atoms with Gasteiger partial charge in [0.1, 0.15) is 39.9 Å². The highest BCUT2D eigenvalue weighted by molar-refractivity contribution is 6.18. The number of fused-ring (bicyclic) bond motifs is 4. The molecular weight excluding hydrogens is 562 g/mol. The molecule has 10 nitrogen and oxygen atoms in total. The van der Waals surface area contributed by atoms with Crippen LogP contribution < -0.4 is 30.3 Å². The molecule has 1 spiro atoms. The molecule has 3 aromatic carbocycles. The number of hydrogen-bond donors (Lipinski definition) is 1. The van der Waals surface area contributed by atoms with Crippen molar-refractivity contribution >= 4 is 34.1 Å². The number of ether oxygens (including phenoxy) is 3. The first-order valence-electron chi connectivity index (χ1n) is 13.8. The number of hydrogen-bond acceptors (Lipinski definition) is 9. The Morgan fingerprint density at radius 2 is 1.80 bits per heavy atom. The van der Waals surface area contributed by atoms with E-state index < -0.39 is 28.3 Å². The predicted molar refractivity (Wildman–Crippen MR) is 160 cm³/mol. The summed E-state index contributed by atoms with van der Waals surface area (Å²) in [5.74, 6) is -1.53. The number of methoxy groups -OCH3 is 1. The summed E-state index contributed by atoms with van der Waals surface area (Å²) >= 11 is 0. The maximum Gasteiger partial charge on any atom is 0.347 e. The Kier molecular flexibility index (Phi) is 5.58. The molecule has 7 rings (SSSR count). The Hall–Kier alpha value is -5.82. The van der Waals surface area contributed by atoms with Crippen molar-refractivity contribution in [2.24, 2.45) is 5.73 Å². The Balaban J connectivity index is 1.57. The molecule has 4 heterocycles. The van der Waals surface area contributed by atoms with Gasteiger partial charge in [-0.05, 0) is 62.7 Å². The van der Waals surface area contributed by atoms with E-state index in [9.17, 15) is 19.6 Å². The number of anilines is 1. The van der Waals surface area contributed by atoms with Crippen molar-refractivity contribution in [3.8, 4) is 23.5 Å². The van der Waals surface area contributed by atoms with E-state index >= 15 is 0 Å². The van der Waals surface area contributed by atoms with Gasteiger partial charge in [-0.3, -0.25) is 9.59 Å². The average molecular weight is 588 g/mol. The number of nitrogens with zero attached hydrogens (tertiary/aromatic N) is 2. The molecule has 1 amide bonds. The van der Waals surface area contributed by atoms with Crippen LogP contribution in [0.2, 0.25) is 0 Å². The van der Waals surface area contributed by atoms with Gasteiger partial charge in [0.15, 0.2) is 5.41 Å². The molecule has 44 heavy (non-hydrogen) atoms. The number of nitriles is 1. The molecule has 0 saturated carbocycles. The lowest BCUT2D eigenvalue weighted by Crippen LogP contribution is -2.54. The third-order valence-electron chi connectivity index (χ3n) is 8.42. The number of carbonyl (C=O) groups is 2. The fraction of sp³-hybridized carbons (Fsp3) is 0.176. The van der Waals surface area contributed by atoms with E-state index in [1.54, 1.807) is 59.5 Å². The normalized spacial score (nSPS) is 19.2. The van der Waals surface area contributed by atoms with Crippen LogP contribution >= 0.6 is 0 Å². The van der Waals surface area contributed by atoms with Gasteiger partial charge in [-0.1, -0.05) is 30.3 Å². The lowest BCUT2D eigenvalue weighted by Gasteiger charge is -2.40. The second kappa shape index (κ2) is 9.09. The molecule has 3 aliphatic heterocycles. The number of amides is 1. The predicted octanol–water partition coefficient (Wildman–Crippen LogP) is 4.94. The first-order chi connectivity index (χ1) is 21.0. The van der Waals surface area contributed by atoms with Gasteiger partial charge in [-0.25, -0.2) is 4.79 Å². The minimum absolute atomic E-state index is 0.0882. The average Bonchev–Trinajstić information content (AvgIpc) is 3.24. The van der Waals surface area contributed by atoms with E-state index in [0.29, 0.717) is 17.0 Å². The van der Waals surface area contributed by atoms with Gasteiger partial charge < -0.3 is 29.3 Å². The highest BCUT2D eigenvalue weighted by atomic mass is 16.6. The molecule has 0 aliphatic carbocycles. The summed E-state index contributed by atoms with van der Waals surface area (Å²) in [5, 5.41) is 10.7. The fourth-order valence-corrected chi connectivity index (χ4v) is 6.68. The van der Waals surface area contributed by atoms with E-state index in [0.717, 1.165) is 5.57 Å². The van der Waals surface area contributed by atoms with E-state index in [-0.39, 0.29) is 50.8 Å². The largest absolute Gasteiger partial charge is 0.496 e. The van der Waals surface area contributed by atoms with E-state index in [4.69, 9.17) is 24.4 Å². The zero-order valence-corrected chi connectivity index (χ0v) is 24.2. The van der Waals surface area contributed by atoms with Crippen molar-refractivity contribution in [1.29, 1.82) is 5.26 Å². The molecule has 0 radical (unpaired) electrons. The monoisotopic (exact) mass is 587 g/mol. The quantitative estimate of drug-likeness (QED) is 0.260. The molecular formula is C34H25N3O7. The highest BCUT2D eigenvalue weighted by Crippen LogP contribution is 2.60. The molecule has 0 saturated heterocycles. The lowest BCUT2D eigenvalue weighted by atomic mass is 9.69. The third kappa shape index (κ3) is 3.38. The van der Waals surface area contributed by atoms with Crippen molar-refractivity contribution in [3.63, 3.8) is 0 Å². The summed E-state index contributed by atoms with van der Waals surface area (Å²) in [4.78, 5) is 44.2. The molecule has 2 N–H and O–H groups in total. The standard InChI is InChI=1S/C34H25N3O7/c1-17-15-33(2,3)37-27-21(17)13-18(42-30(39)20-10-6-7-11-24(20)41-4)14-22(27)34(32(37)40)23(16-35)29(36)44-31-26(34)28(38)19-9-5-8-12-25(19)43-31/h5-15H,36H2,1-4H3. The lowest BCUT2D eigenvalue weighted by molar-refractivity contribution is -0.121. The Morgan fingerprint density at radius 1 is 1.07 bits per heavy atom. The number of nitrogens with two attached hydrogens (primary N) is 1. The molecule has 4 aromatic rings. The topological polar surface area (TPSA) is 145 Å². The van der Waals surface area contributed by atoms with E-state index in [1.807, 2.05) is 26.8 Å². The van der Waals surface area contributed by atoms with Crippen LogP contribution in [0, 0.1) is 11.3 Å². The minimum atomic E-state index is -2.05. The van der Waals surface area contributed by atoms with Crippen LogP contribution in [0.3, 0.4) is 0 Å². The maximum atomic E-state index is 15.0. The van der Waals surface area contributed by atoms with Crippen LogP contribution in [0.4, 0.5) is 5.69 Å². The fourth-order valence-electron chi connectivity index (χ4n) is 6.68. The molecule has 218 valence electrons. The van der Waals surface area contributed by atoms with Gasteiger partial charge >= 0.3 is 11.9 Å². The van der Waals surface area contributed by atoms with Crippen molar-refractivity contribution < 1.29 is 28.2 Å². The molecule has 10 heteroatoms. The van der Waals surface area contributed by atoms with Gasteiger partial charge in [0.05, 0.1) is 23.7 Å². The molecule has 0 bridgehead atoms.